The highest BCUT2D eigenvalue weighted by Crippen LogP contribution is 2.25. The lowest BCUT2D eigenvalue weighted by molar-refractivity contribution is 0.103. The van der Waals surface area contributed by atoms with Crippen LogP contribution in [0.1, 0.15) is 33.5 Å². The van der Waals surface area contributed by atoms with Gasteiger partial charge in [-0.3, -0.25) is 9.69 Å². The number of carbonyl (C=O) groups is 1. The van der Waals surface area contributed by atoms with Gasteiger partial charge in [0.05, 0.1) is 0 Å². The zero-order chi connectivity index (χ0) is 24.2. The smallest absolute Gasteiger partial charge is 0.193 e. The maximum atomic E-state index is 13.6. The molecule has 0 N–H and O–H groups in total. The minimum Gasteiger partial charge on any atom is -0.305 e. The molecule has 0 saturated heterocycles. The van der Waals surface area contributed by atoms with Crippen LogP contribution in [0.5, 0.6) is 0 Å². The van der Waals surface area contributed by atoms with Crippen LogP contribution in [-0.4, -0.2) is 44.3 Å². The molecule has 0 unspecified atom stereocenters. The van der Waals surface area contributed by atoms with Crippen LogP contribution in [0.25, 0.3) is 11.4 Å². The Hall–Kier alpha value is -3.00. The monoisotopic (exact) mass is 522 g/mol. The van der Waals surface area contributed by atoms with E-state index in [2.05, 4.69) is 15.1 Å². The van der Waals surface area contributed by atoms with E-state index < -0.39 is 5.82 Å². The molecule has 8 heteroatoms. The molecule has 1 aliphatic rings. The Labute approximate surface area is 221 Å². The van der Waals surface area contributed by atoms with Gasteiger partial charge in [-0.15, -0.1) is 22.6 Å². The van der Waals surface area contributed by atoms with E-state index in [1.165, 1.54) is 23.3 Å². The Morgan fingerprint density at radius 2 is 1.78 bits per heavy atom. The first kappa shape index (κ1) is 26.1. The largest absolute Gasteiger partial charge is 0.305 e. The molecule has 0 spiro atoms. The standard InChI is InChI=1S/C28H27FN4OS.ClH/c1-32-27(21-7-3-2-4-8-21)30-31-28(32)35-16-6-14-33-15-13-20-11-12-23(17-24(20)19-33)26(34)22-9-5-10-25(29)18-22;/h2-5,7-12,17-18H,6,13-16,19H2,1H3;1H. The average Bonchev–Trinajstić information content (AvgIpc) is 3.26. The lowest BCUT2D eigenvalue weighted by atomic mass is 9.94. The van der Waals surface area contributed by atoms with Crippen molar-refractivity contribution in [3.63, 3.8) is 0 Å². The normalized spacial score (nSPS) is 13.2. The van der Waals surface area contributed by atoms with E-state index in [1.807, 2.05) is 60.1 Å². The molecule has 1 aromatic heterocycles. The second-order valence-electron chi connectivity index (χ2n) is 8.78. The molecule has 3 aromatic carbocycles. The summed E-state index contributed by atoms with van der Waals surface area (Å²) in [7, 11) is 2.01. The summed E-state index contributed by atoms with van der Waals surface area (Å²) >= 11 is 1.73. The van der Waals surface area contributed by atoms with Gasteiger partial charge in [0, 0.05) is 42.6 Å². The van der Waals surface area contributed by atoms with Crippen LogP contribution in [0.4, 0.5) is 4.39 Å². The minimum absolute atomic E-state index is 0. The van der Waals surface area contributed by atoms with Gasteiger partial charge in [-0.25, -0.2) is 4.39 Å². The SMILES string of the molecule is Cl.Cn1c(SCCCN2CCc3ccc(C(=O)c4cccc(F)c4)cc3C2)nnc1-c1ccccc1. The zero-order valence-electron chi connectivity index (χ0n) is 20.1. The predicted octanol–water partition coefficient (Wildman–Crippen LogP) is 5.81. The number of hydrogen-bond acceptors (Lipinski definition) is 5. The van der Waals surface area contributed by atoms with Gasteiger partial charge in [0.15, 0.2) is 16.8 Å². The van der Waals surface area contributed by atoms with Gasteiger partial charge in [-0.1, -0.05) is 66.4 Å². The quantitative estimate of drug-likeness (QED) is 0.166. The van der Waals surface area contributed by atoms with Crippen LogP contribution in [-0.2, 0) is 20.0 Å². The highest BCUT2D eigenvalue weighted by molar-refractivity contribution is 7.99. The van der Waals surface area contributed by atoms with Crippen molar-refractivity contribution in [3.05, 3.63) is 101 Å². The summed E-state index contributed by atoms with van der Waals surface area (Å²) in [4.78, 5) is 15.3. The molecule has 5 nitrogen and oxygen atoms in total. The topological polar surface area (TPSA) is 51.0 Å². The molecule has 2 heterocycles. The summed E-state index contributed by atoms with van der Waals surface area (Å²) in [5, 5.41) is 9.66. The molecule has 0 bridgehead atoms. The third-order valence-electron chi connectivity index (χ3n) is 6.36. The molecule has 1 aliphatic heterocycles. The van der Waals surface area contributed by atoms with Crippen molar-refractivity contribution in [2.24, 2.45) is 7.05 Å². The van der Waals surface area contributed by atoms with Crippen molar-refractivity contribution in [1.29, 1.82) is 0 Å². The van der Waals surface area contributed by atoms with E-state index in [4.69, 9.17) is 0 Å². The number of rotatable bonds is 8. The summed E-state index contributed by atoms with van der Waals surface area (Å²) in [6.45, 7) is 2.82. The number of carbonyl (C=O) groups excluding carboxylic acids is 1. The highest BCUT2D eigenvalue weighted by Gasteiger charge is 2.19. The van der Waals surface area contributed by atoms with E-state index in [9.17, 15) is 9.18 Å². The fraction of sp³-hybridized carbons (Fsp3) is 0.250. The minimum atomic E-state index is -0.393. The number of hydrogen-bond donors (Lipinski definition) is 0. The van der Waals surface area contributed by atoms with Crippen LogP contribution in [0, 0.1) is 5.82 Å². The Morgan fingerprint density at radius 1 is 0.972 bits per heavy atom. The van der Waals surface area contributed by atoms with Gasteiger partial charge in [0.25, 0.3) is 0 Å². The van der Waals surface area contributed by atoms with Crippen molar-refractivity contribution in [1.82, 2.24) is 19.7 Å². The van der Waals surface area contributed by atoms with Gasteiger partial charge < -0.3 is 4.57 Å². The van der Waals surface area contributed by atoms with Gasteiger partial charge >= 0.3 is 0 Å². The van der Waals surface area contributed by atoms with E-state index >= 15 is 0 Å². The fourth-order valence-electron chi connectivity index (χ4n) is 4.47. The summed E-state index contributed by atoms with van der Waals surface area (Å²) in [5.74, 6) is 1.31. The second kappa shape index (κ2) is 11.8. The number of ketones is 1. The molecule has 4 aromatic rings. The first-order valence-corrected chi connectivity index (χ1v) is 12.8. The van der Waals surface area contributed by atoms with Crippen molar-refractivity contribution >= 4 is 30.0 Å². The molecule has 0 fully saturated rings. The Kier molecular flexibility index (Phi) is 8.56. The van der Waals surface area contributed by atoms with E-state index in [0.29, 0.717) is 11.1 Å². The number of benzene rings is 3. The molecular weight excluding hydrogens is 495 g/mol. The summed E-state index contributed by atoms with van der Waals surface area (Å²) in [6, 6.07) is 21.9. The summed E-state index contributed by atoms with van der Waals surface area (Å²) < 4.78 is 15.6. The van der Waals surface area contributed by atoms with Crippen LogP contribution in [0.15, 0.2) is 78.0 Å². The molecule has 0 aliphatic carbocycles. The van der Waals surface area contributed by atoms with Crippen LogP contribution >= 0.6 is 24.2 Å². The molecule has 0 saturated carbocycles. The van der Waals surface area contributed by atoms with E-state index in [0.717, 1.165) is 54.8 Å². The van der Waals surface area contributed by atoms with E-state index in [1.54, 1.807) is 23.9 Å². The number of nitrogens with zero attached hydrogens (tertiary/aromatic N) is 4. The van der Waals surface area contributed by atoms with Gasteiger partial charge in [-0.05, 0) is 48.7 Å². The van der Waals surface area contributed by atoms with E-state index in [-0.39, 0.29) is 18.2 Å². The average molecular weight is 523 g/mol. The molecule has 0 amide bonds. The molecule has 36 heavy (non-hydrogen) atoms. The van der Waals surface area contributed by atoms with Gasteiger partial charge in [0.2, 0.25) is 0 Å². The van der Waals surface area contributed by atoms with Crippen LogP contribution < -0.4 is 0 Å². The van der Waals surface area contributed by atoms with Gasteiger partial charge in [0.1, 0.15) is 5.82 Å². The lowest BCUT2D eigenvalue weighted by Crippen LogP contribution is -2.31. The fourth-order valence-corrected chi connectivity index (χ4v) is 5.31. The first-order chi connectivity index (χ1) is 17.1. The Bertz CT molecular complexity index is 1340. The first-order valence-electron chi connectivity index (χ1n) is 11.8. The second-order valence-corrected chi connectivity index (χ2v) is 9.84. The number of aromatic nitrogens is 3. The van der Waals surface area contributed by atoms with Crippen molar-refractivity contribution < 1.29 is 9.18 Å². The maximum Gasteiger partial charge on any atom is 0.193 e. The number of fused-ring (bicyclic) bond motifs is 1. The summed E-state index contributed by atoms with van der Waals surface area (Å²) in [6.07, 6.45) is 2.01. The summed E-state index contributed by atoms with van der Waals surface area (Å²) in [5.41, 5.74) is 4.54. The van der Waals surface area contributed by atoms with Crippen LogP contribution in [0.3, 0.4) is 0 Å². The Balaban J connectivity index is 0.00000304. The van der Waals surface area contributed by atoms with Crippen molar-refractivity contribution in [2.45, 2.75) is 24.5 Å². The number of halogens is 2. The molecule has 186 valence electrons. The zero-order valence-corrected chi connectivity index (χ0v) is 21.7. The maximum absolute atomic E-state index is 13.6. The third-order valence-corrected chi connectivity index (χ3v) is 7.47. The number of thioether (sulfide) groups is 1. The van der Waals surface area contributed by atoms with Gasteiger partial charge in [-0.2, -0.15) is 0 Å². The van der Waals surface area contributed by atoms with Crippen molar-refractivity contribution in [3.8, 4) is 11.4 Å². The Morgan fingerprint density at radius 3 is 2.58 bits per heavy atom. The molecule has 0 radical (unpaired) electrons. The predicted molar refractivity (Wildman–Crippen MR) is 144 cm³/mol. The lowest BCUT2D eigenvalue weighted by Gasteiger charge is -2.29. The third kappa shape index (κ3) is 5.86. The molecule has 5 rings (SSSR count). The van der Waals surface area contributed by atoms with Crippen LogP contribution in [0.2, 0.25) is 0 Å². The highest BCUT2D eigenvalue weighted by atomic mass is 35.5. The molecular formula is C28H28ClFN4OS. The molecule has 0 atom stereocenters. The van der Waals surface area contributed by atoms with Crippen molar-refractivity contribution in [2.75, 3.05) is 18.8 Å².